The summed E-state index contributed by atoms with van der Waals surface area (Å²) in [6.45, 7) is 2.32. The van der Waals surface area contributed by atoms with E-state index in [1.807, 2.05) is 41.2 Å². The first-order chi connectivity index (χ1) is 12.2. The van der Waals surface area contributed by atoms with Crippen molar-refractivity contribution < 1.29 is 9.53 Å². The number of hydrogen-bond donors (Lipinski definition) is 1. The molecular weight excluding hydrogens is 316 g/mol. The molecule has 1 aliphatic rings. The maximum absolute atomic E-state index is 12.4. The van der Waals surface area contributed by atoms with Gasteiger partial charge in [0.25, 0.3) is 0 Å². The number of benzene rings is 1. The monoisotopic (exact) mass is 342 g/mol. The Labute approximate surface area is 148 Å². The van der Waals surface area contributed by atoms with E-state index in [1.54, 1.807) is 13.3 Å². The summed E-state index contributed by atoms with van der Waals surface area (Å²) in [5.74, 6) is 0.823. The highest BCUT2D eigenvalue weighted by Gasteiger charge is 2.24. The maximum Gasteiger partial charge on any atom is 0.238 e. The van der Waals surface area contributed by atoms with Crippen molar-refractivity contribution in [2.24, 2.45) is 0 Å². The quantitative estimate of drug-likeness (QED) is 0.840. The second-order valence-electron chi connectivity index (χ2n) is 6.45. The van der Waals surface area contributed by atoms with Gasteiger partial charge in [0.1, 0.15) is 5.75 Å². The summed E-state index contributed by atoms with van der Waals surface area (Å²) in [7, 11) is 1.63. The topological polar surface area (TPSA) is 59.4 Å². The van der Waals surface area contributed by atoms with Gasteiger partial charge in [-0.1, -0.05) is 6.42 Å². The minimum Gasteiger partial charge on any atom is -0.497 e. The molecule has 0 aliphatic carbocycles. The van der Waals surface area contributed by atoms with Crippen LogP contribution in [0.2, 0.25) is 0 Å². The van der Waals surface area contributed by atoms with Gasteiger partial charge in [-0.05, 0) is 56.1 Å². The minimum absolute atomic E-state index is 0.0381. The highest BCUT2D eigenvalue weighted by Crippen LogP contribution is 2.20. The van der Waals surface area contributed by atoms with Crippen molar-refractivity contribution >= 4 is 11.6 Å². The first kappa shape index (κ1) is 17.5. The number of nitrogens with zero attached hydrogens (tertiary/aromatic N) is 3. The average molecular weight is 342 g/mol. The number of nitrogens with one attached hydrogen (secondary N) is 1. The molecule has 3 rings (SSSR count). The van der Waals surface area contributed by atoms with Gasteiger partial charge in [0.2, 0.25) is 5.91 Å². The van der Waals surface area contributed by atoms with E-state index < -0.39 is 0 Å². The summed E-state index contributed by atoms with van der Waals surface area (Å²) in [6.07, 6.45) is 8.37. The summed E-state index contributed by atoms with van der Waals surface area (Å²) in [5.41, 5.74) is 0.802. The molecule has 1 saturated heterocycles. The number of piperidine rings is 1. The van der Waals surface area contributed by atoms with Crippen LogP contribution in [-0.2, 0) is 11.3 Å². The largest absolute Gasteiger partial charge is 0.497 e. The minimum atomic E-state index is 0.0381. The molecule has 0 radical (unpaired) electrons. The SMILES string of the molecule is COc1ccc(NC(=O)CN2CCCC[C@@H]2CCn2cccn2)cc1. The third-order valence-corrected chi connectivity index (χ3v) is 4.72. The number of aryl methyl sites for hydroxylation is 1. The van der Waals surface area contributed by atoms with Crippen molar-refractivity contribution in [3.63, 3.8) is 0 Å². The number of rotatable bonds is 7. The van der Waals surface area contributed by atoms with Crippen LogP contribution in [0.25, 0.3) is 0 Å². The number of carbonyl (C=O) groups is 1. The Morgan fingerprint density at radius 2 is 2.16 bits per heavy atom. The fraction of sp³-hybridized carbons (Fsp3) is 0.474. The molecular formula is C19H26N4O2. The predicted octanol–water partition coefficient (Wildman–Crippen LogP) is 2.78. The Kier molecular flexibility index (Phi) is 6.06. The van der Waals surface area contributed by atoms with Crippen LogP contribution in [0, 0.1) is 0 Å². The molecule has 6 nitrogen and oxygen atoms in total. The maximum atomic E-state index is 12.4. The zero-order chi connectivity index (χ0) is 17.5. The molecule has 1 fully saturated rings. The number of amides is 1. The molecule has 0 unspecified atom stereocenters. The van der Waals surface area contributed by atoms with Crippen LogP contribution in [0.3, 0.4) is 0 Å². The van der Waals surface area contributed by atoms with Gasteiger partial charge in [0.05, 0.1) is 13.7 Å². The molecule has 1 aromatic heterocycles. The van der Waals surface area contributed by atoms with Crippen LogP contribution in [-0.4, -0.2) is 46.8 Å². The third kappa shape index (κ3) is 5.06. The Balaban J connectivity index is 1.52. The van der Waals surface area contributed by atoms with E-state index in [4.69, 9.17) is 4.74 Å². The fourth-order valence-electron chi connectivity index (χ4n) is 3.37. The summed E-state index contributed by atoms with van der Waals surface area (Å²) in [5, 5.41) is 7.24. The molecule has 2 aromatic rings. The number of aromatic nitrogens is 2. The van der Waals surface area contributed by atoms with Crippen molar-refractivity contribution in [3.8, 4) is 5.75 Å². The van der Waals surface area contributed by atoms with Gasteiger partial charge in [0, 0.05) is 30.7 Å². The van der Waals surface area contributed by atoms with Gasteiger partial charge in [-0.15, -0.1) is 0 Å². The van der Waals surface area contributed by atoms with Crippen LogP contribution in [0.4, 0.5) is 5.69 Å². The summed E-state index contributed by atoms with van der Waals surface area (Å²) < 4.78 is 7.10. The van der Waals surface area contributed by atoms with Crippen molar-refractivity contribution in [2.45, 2.75) is 38.3 Å². The summed E-state index contributed by atoms with van der Waals surface area (Å²) in [4.78, 5) is 14.7. The molecule has 0 saturated carbocycles. The molecule has 1 aromatic carbocycles. The van der Waals surface area contributed by atoms with Crippen LogP contribution in [0.15, 0.2) is 42.7 Å². The Morgan fingerprint density at radius 3 is 2.88 bits per heavy atom. The lowest BCUT2D eigenvalue weighted by Gasteiger charge is -2.35. The molecule has 25 heavy (non-hydrogen) atoms. The van der Waals surface area contributed by atoms with Gasteiger partial charge in [0.15, 0.2) is 0 Å². The van der Waals surface area contributed by atoms with E-state index in [-0.39, 0.29) is 5.91 Å². The molecule has 134 valence electrons. The van der Waals surface area contributed by atoms with E-state index in [1.165, 1.54) is 6.42 Å². The van der Waals surface area contributed by atoms with Crippen molar-refractivity contribution in [2.75, 3.05) is 25.5 Å². The lowest BCUT2D eigenvalue weighted by molar-refractivity contribution is -0.118. The number of carbonyl (C=O) groups excluding carboxylic acids is 1. The number of anilines is 1. The Morgan fingerprint density at radius 1 is 1.32 bits per heavy atom. The Bertz CT molecular complexity index is 655. The van der Waals surface area contributed by atoms with Crippen LogP contribution in [0.5, 0.6) is 5.75 Å². The summed E-state index contributed by atoms with van der Waals surface area (Å²) >= 11 is 0. The molecule has 1 N–H and O–H groups in total. The lowest BCUT2D eigenvalue weighted by atomic mass is 9.99. The molecule has 0 spiro atoms. The first-order valence-electron chi connectivity index (χ1n) is 8.90. The summed E-state index contributed by atoms with van der Waals surface area (Å²) in [6, 6.07) is 9.82. The Hall–Kier alpha value is -2.34. The number of methoxy groups -OCH3 is 1. The average Bonchev–Trinajstić information content (AvgIpc) is 3.15. The molecule has 6 heteroatoms. The number of likely N-dealkylation sites (tertiary alicyclic amines) is 1. The molecule has 1 aliphatic heterocycles. The molecule has 2 heterocycles. The van der Waals surface area contributed by atoms with Gasteiger partial charge >= 0.3 is 0 Å². The molecule has 1 amide bonds. The van der Waals surface area contributed by atoms with E-state index in [0.29, 0.717) is 12.6 Å². The van der Waals surface area contributed by atoms with Crippen molar-refractivity contribution in [1.29, 1.82) is 0 Å². The van der Waals surface area contributed by atoms with Crippen LogP contribution >= 0.6 is 0 Å². The predicted molar refractivity (Wildman–Crippen MR) is 97.7 cm³/mol. The highest BCUT2D eigenvalue weighted by atomic mass is 16.5. The zero-order valence-electron chi connectivity index (χ0n) is 14.7. The smallest absolute Gasteiger partial charge is 0.238 e. The normalized spacial score (nSPS) is 18.0. The lowest BCUT2D eigenvalue weighted by Crippen LogP contribution is -2.44. The highest BCUT2D eigenvalue weighted by molar-refractivity contribution is 5.92. The van der Waals surface area contributed by atoms with Crippen LogP contribution < -0.4 is 10.1 Å². The van der Waals surface area contributed by atoms with E-state index in [9.17, 15) is 4.79 Å². The van der Waals surface area contributed by atoms with Crippen LogP contribution in [0.1, 0.15) is 25.7 Å². The van der Waals surface area contributed by atoms with E-state index in [0.717, 1.165) is 43.8 Å². The van der Waals surface area contributed by atoms with Gasteiger partial charge in [-0.25, -0.2) is 0 Å². The third-order valence-electron chi connectivity index (χ3n) is 4.72. The molecule has 1 atom stereocenters. The second kappa shape index (κ2) is 8.67. The zero-order valence-corrected chi connectivity index (χ0v) is 14.7. The van der Waals surface area contributed by atoms with Gasteiger partial charge in [-0.2, -0.15) is 5.10 Å². The second-order valence-corrected chi connectivity index (χ2v) is 6.45. The molecule has 0 bridgehead atoms. The van der Waals surface area contributed by atoms with Gasteiger partial charge < -0.3 is 10.1 Å². The van der Waals surface area contributed by atoms with Crippen molar-refractivity contribution in [3.05, 3.63) is 42.7 Å². The van der Waals surface area contributed by atoms with E-state index >= 15 is 0 Å². The van der Waals surface area contributed by atoms with E-state index in [2.05, 4.69) is 15.3 Å². The number of ether oxygens (including phenoxy) is 1. The number of hydrogen-bond acceptors (Lipinski definition) is 4. The van der Waals surface area contributed by atoms with Gasteiger partial charge in [-0.3, -0.25) is 14.4 Å². The fourth-order valence-corrected chi connectivity index (χ4v) is 3.37. The standard InChI is InChI=1S/C19H26N4O2/c1-25-18-8-6-16(7-9-18)21-19(24)15-22-12-3-2-5-17(22)10-14-23-13-4-11-20-23/h4,6-9,11,13,17H,2-3,5,10,12,14-15H2,1H3,(H,21,24)/t17-/m1/s1. The first-order valence-corrected chi connectivity index (χ1v) is 8.90. The van der Waals surface area contributed by atoms with Crippen molar-refractivity contribution in [1.82, 2.24) is 14.7 Å².